The van der Waals surface area contributed by atoms with Gasteiger partial charge in [-0.2, -0.15) is 0 Å². The van der Waals surface area contributed by atoms with E-state index in [9.17, 15) is 4.79 Å². The Morgan fingerprint density at radius 1 is 0.974 bits per heavy atom. The molecule has 1 fully saturated rings. The van der Waals surface area contributed by atoms with Crippen LogP contribution in [0.3, 0.4) is 0 Å². The van der Waals surface area contributed by atoms with Gasteiger partial charge in [-0.15, -0.1) is 0 Å². The Bertz CT molecular complexity index is 1180. The molecular weight excluding hydrogens is 486 g/mol. The minimum absolute atomic E-state index is 0.339. The molecule has 0 aliphatic carbocycles. The molecule has 39 heavy (non-hydrogen) atoms. The summed E-state index contributed by atoms with van der Waals surface area (Å²) in [4.78, 5) is 22.3. The van der Waals surface area contributed by atoms with Crippen LogP contribution in [0.15, 0.2) is 42.5 Å². The molecule has 1 aromatic heterocycles. The van der Waals surface area contributed by atoms with Crippen molar-refractivity contribution in [2.24, 2.45) is 0 Å². The molecule has 0 radical (unpaired) electrons. The Balaban J connectivity index is 1.59. The van der Waals surface area contributed by atoms with Gasteiger partial charge in [-0.3, -0.25) is 4.90 Å². The average Bonchev–Trinajstić information content (AvgIpc) is 3.30. The second-order valence-electron chi connectivity index (χ2n) is 10.8. The van der Waals surface area contributed by atoms with E-state index in [1.807, 2.05) is 18.2 Å². The Morgan fingerprint density at radius 3 is 2.46 bits per heavy atom. The number of nitrogens with zero attached hydrogens (tertiary/aromatic N) is 4. The maximum atomic E-state index is 12.1. The zero-order valence-electron chi connectivity index (χ0n) is 24.3. The van der Waals surface area contributed by atoms with Gasteiger partial charge in [-0.05, 0) is 101 Å². The Morgan fingerprint density at radius 2 is 1.74 bits per heavy atom. The van der Waals surface area contributed by atoms with E-state index < -0.39 is 0 Å². The number of aryl methyl sites for hydroxylation is 1. The first-order chi connectivity index (χ1) is 19.1. The molecule has 2 heterocycles. The fraction of sp³-hybridized carbons (Fsp3) is 0.562. The number of methoxy groups -OCH3 is 1. The molecule has 0 amide bonds. The van der Waals surface area contributed by atoms with E-state index in [-0.39, 0.29) is 5.97 Å². The van der Waals surface area contributed by atoms with Crippen LogP contribution in [0.1, 0.15) is 81.1 Å². The number of carbonyl (C=O) groups excluding carboxylic acids is 1. The number of unbranched alkanes of at least 4 members (excludes halogenated alkanes) is 2. The summed E-state index contributed by atoms with van der Waals surface area (Å²) in [7, 11) is 1.41. The smallest absolute Gasteiger partial charge is 0.337 e. The summed E-state index contributed by atoms with van der Waals surface area (Å²) in [5, 5.41) is 3.51. The Hall–Kier alpha value is -2.90. The lowest BCUT2D eigenvalue weighted by molar-refractivity contribution is 0.0601. The average molecular weight is 534 g/mol. The van der Waals surface area contributed by atoms with Gasteiger partial charge in [-0.1, -0.05) is 45.2 Å². The lowest BCUT2D eigenvalue weighted by Crippen LogP contribution is -2.31. The van der Waals surface area contributed by atoms with Crippen molar-refractivity contribution in [1.29, 1.82) is 0 Å². The molecule has 1 aliphatic heterocycles. The van der Waals surface area contributed by atoms with Gasteiger partial charge in [0.05, 0.1) is 23.7 Å². The van der Waals surface area contributed by atoms with E-state index in [0.717, 1.165) is 56.3 Å². The van der Waals surface area contributed by atoms with Crippen molar-refractivity contribution in [3.63, 3.8) is 0 Å². The van der Waals surface area contributed by atoms with Gasteiger partial charge < -0.3 is 19.5 Å². The van der Waals surface area contributed by atoms with Crippen molar-refractivity contribution < 1.29 is 9.53 Å². The number of piperidine rings is 1. The van der Waals surface area contributed by atoms with Crippen LogP contribution in [0.5, 0.6) is 0 Å². The summed E-state index contributed by atoms with van der Waals surface area (Å²) in [6.07, 6.45) is 9.97. The highest BCUT2D eigenvalue weighted by molar-refractivity contribution is 5.90. The van der Waals surface area contributed by atoms with Gasteiger partial charge in [0.15, 0.2) is 0 Å². The summed E-state index contributed by atoms with van der Waals surface area (Å²) in [5.41, 5.74) is 4.86. The fourth-order valence-electron chi connectivity index (χ4n) is 5.49. The van der Waals surface area contributed by atoms with Crippen LogP contribution in [0.2, 0.25) is 0 Å². The molecule has 0 unspecified atom stereocenters. The number of anilines is 2. The maximum absolute atomic E-state index is 12.1. The molecule has 1 aliphatic rings. The van der Waals surface area contributed by atoms with Crippen LogP contribution in [-0.4, -0.2) is 65.2 Å². The van der Waals surface area contributed by atoms with E-state index in [1.165, 1.54) is 76.2 Å². The van der Waals surface area contributed by atoms with Crippen molar-refractivity contribution in [3.8, 4) is 0 Å². The van der Waals surface area contributed by atoms with Crippen LogP contribution in [0.4, 0.5) is 11.6 Å². The first-order valence-electron chi connectivity index (χ1n) is 15.0. The predicted molar refractivity (Wildman–Crippen MR) is 161 cm³/mol. The molecule has 7 heteroatoms. The third-order valence-corrected chi connectivity index (χ3v) is 7.72. The molecule has 0 atom stereocenters. The summed E-state index contributed by atoms with van der Waals surface area (Å²) < 4.78 is 7.25. The van der Waals surface area contributed by atoms with Gasteiger partial charge in [0, 0.05) is 18.8 Å². The highest BCUT2D eigenvalue weighted by Gasteiger charge is 2.16. The van der Waals surface area contributed by atoms with Crippen molar-refractivity contribution in [2.45, 2.75) is 78.3 Å². The molecule has 0 bridgehead atoms. The number of esters is 1. The number of carbonyl (C=O) groups is 1. The molecule has 3 aromatic rings. The highest BCUT2D eigenvalue weighted by atomic mass is 16.5. The number of nitrogens with one attached hydrogen (secondary N) is 1. The first kappa shape index (κ1) is 29.1. The van der Waals surface area contributed by atoms with Gasteiger partial charge in [0.2, 0.25) is 5.95 Å². The Kier molecular flexibility index (Phi) is 11.2. The number of fused-ring (bicyclic) bond motifs is 1. The standard InChI is InChI=1S/C32H47N5O2/c1-4-6-17-36(18-7-5-2)25-26-15-16-29-30(23-26)37(22-12-21-35-19-9-8-10-20-35)32(34-29)33-28-14-11-13-27(24-28)31(38)39-3/h11,13-16,23-24H,4-10,12,17-22,25H2,1-3H3,(H,33,34). The van der Waals surface area contributed by atoms with E-state index in [1.54, 1.807) is 6.07 Å². The number of rotatable bonds is 15. The highest BCUT2D eigenvalue weighted by Crippen LogP contribution is 2.26. The van der Waals surface area contributed by atoms with Gasteiger partial charge in [0.1, 0.15) is 0 Å². The molecule has 0 spiro atoms. The van der Waals surface area contributed by atoms with E-state index >= 15 is 0 Å². The summed E-state index contributed by atoms with van der Waals surface area (Å²) in [6.45, 7) is 12.2. The minimum atomic E-state index is -0.339. The molecule has 4 rings (SSSR count). The molecule has 0 saturated carbocycles. The number of hydrogen-bond donors (Lipinski definition) is 1. The van der Waals surface area contributed by atoms with Crippen LogP contribution in [0, 0.1) is 0 Å². The van der Waals surface area contributed by atoms with Crippen LogP contribution in [0.25, 0.3) is 11.0 Å². The topological polar surface area (TPSA) is 62.6 Å². The molecule has 7 nitrogen and oxygen atoms in total. The number of benzene rings is 2. The third-order valence-electron chi connectivity index (χ3n) is 7.72. The SMILES string of the molecule is CCCCN(CCCC)Cc1ccc2nc(Nc3cccc(C(=O)OC)c3)n(CCCN3CCCCC3)c2c1. The summed E-state index contributed by atoms with van der Waals surface area (Å²) in [6, 6.07) is 14.2. The van der Waals surface area contributed by atoms with Crippen molar-refractivity contribution in [1.82, 2.24) is 19.4 Å². The zero-order valence-corrected chi connectivity index (χ0v) is 24.3. The molecule has 1 saturated heterocycles. The van der Waals surface area contributed by atoms with Crippen molar-refractivity contribution in [2.75, 3.05) is 45.2 Å². The summed E-state index contributed by atoms with van der Waals surface area (Å²) >= 11 is 0. The van der Waals surface area contributed by atoms with Crippen LogP contribution >= 0.6 is 0 Å². The van der Waals surface area contributed by atoms with E-state index in [4.69, 9.17) is 9.72 Å². The van der Waals surface area contributed by atoms with E-state index in [0.29, 0.717) is 5.56 Å². The lowest BCUT2D eigenvalue weighted by atomic mass is 10.1. The van der Waals surface area contributed by atoms with Gasteiger partial charge >= 0.3 is 5.97 Å². The van der Waals surface area contributed by atoms with Crippen LogP contribution in [-0.2, 0) is 17.8 Å². The molecule has 1 N–H and O–H groups in total. The molecule has 2 aromatic carbocycles. The second kappa shape index (κ2) is 15.0. The lowest BCUT2D eigenvalue weighted by Gasteiger charge is -2.26. The summed E-state index contributed by atoms with van der Waals surface area (Å²) in [5.74, 6) is 0.477. The van der Waals surface area contributed by atoms with Gasteiger partial charge in [0.25, 0.3) is 0 Å². The van der Waals surface area contributed by atoms with Crippen molar-refractivity contribution in [3.05, 3.63) is 53.6 Å². The molecule has 212 valence electrons. The number of likely N-dealkylation sites (tertiary alicyclic amines) is 1. The predicted octanol–water partition coefficient (Wildman–Crippen LogP) is 6.84. The van der Waals surface area contributed by atoms with Gasteiger partial charge in [-0.25, -0.2) is 9.78 Å². The molecular formula is C32H47N5O2. The normalized spacial score (nSPS) is 14.3. The minimum Gasteiger partial charge on any atom is -0.465 e. The monoisotopic (exact) mass is 533 g/mol. The zero-order chi connectivity index (χ0) is 27.5. The number of aromatic nitrogens is 2. The Labute approximate surface area is 234 Å². The first-order valence-corrected chi connectivity index (χ1v) is 15.0. The number of ether oxygens (including phenoxy) is 1. The maximum Gasteiger partial charge on any atom is 0.337 e. The number of imidazole rings is 1. The van der Waals surface area contributed by atoms with Crippen molar-refractivity contribution >= 4 is 28.6 Å². The van der Waals surface area contributed by atoms with E-state index in [2.05, 4.69) is 51.7 Å². The second-order valence-corrected chi connectivity index (χ2v) is 10.8. The fourth-order valence-corrected chi connectivity index (χ4v) is 5.49. The largest absolute Gasteiger partial charge is 0.465 e. The number of hydrogen-bond acceptors (Lipinski definition) is 6. The van der Waals surface area contributed by atoms with Crippen LogP contribution < -0.4 is 5.32 Å². The quantitative estimate of drug-likeness (QED) is 0.216. The third kappa shape index (κ3) is 8.29.